The molecule has 2 heteroatoms. The molecule has 20 aromatic rings. The van der Waals surface area contributed by atoms with Gasteiger partial charge in [-0.15, -0.1) is 0 Å². The minimum atomic E-state index is 1.07. The maximum Gasteiger partial charge on any atom is 0.0624 e. The van der Waals surface area contributed by atoms with Crippen molar-refractivity contribution in [2.75, 3.05) is 9.80 Å². The van der Waals surface area contributed by atoms with Gasteiger partial charge in [0, 0.05) is 44.6 Å². The van der Waals surface area contributed by atoms with Crippen molar-refractivity contribution in [3.05, 3.63) is 437 Å². The molecule has 514 valence electrons. The van der Waals surface area contributed by atoms with E-state index in [4.69, 9.17) is 0 Å². The normalized spacial score (nSPS) is 11.5. The molecule has 0 heterocycles. The van der Waals surface area contributed by atoms with E-state index in [-0.39, 0.29) is 0 Å². The van der Waals surface area contributed by atoms with Crippen LogP contribution in [0.2, 0.25) is 0 Å². The third-order valence-electron chi connectivity index (χ3n) is 22.1. The summed E-state index contributed by atoms with van der Waals surface area (Å²) in [7, 11) is 0. The van der Waals surface area contributed by atoms with E-state index in [9.17, 15) is 0 Å². The highest BCUT2D eigenvalue weighted by atomic mass is 15.2. The summed E-state index contributed by atoms with van der Waals surface area (Å²) < 4.78 is 0. The van der Waals surface area contributed by atoms with Gasteiger partial charge in [-0.2, -0.15) is 0 Å². The van der Waals surface area contributed by atoms with Crippen molar-refractivity contribution in [3.8, 4) is 100 Å². The molecule has 0 saturated heterocycles. The summed E-state index contributed by atoms with van der Waals surface area (Å²) in [6.45, 7) is 0. The Morgan fingerprint density at radius 3 is 0.782 bits per heavy atom. The van der Waals surface area contributed by atoms with Crippen LogP contribution >= 0.6 is 0 Å². The van der Waals surface area contributed by atoms with Gasteiger partial charge in [0.2, 0.25) is 0 Å². The molecule has 0 saturated carbocycles. The molecule has 0 bridgehead atoms. The van der Waals surface area contributed by atoms with Crippen molar-refractivity contribution in [3.63, 3.8) is 0 Å². The lowest BCUT2D eigenvalue weighted by atomic mass is 9.88. The van der Waals surface area contributed by atoms with E-state index in [2.05, 4.69) is 447 Å². The van der Waals surface area contributed by atoms with Gasteiger partial charge < -0.3 is 9.80 Å². The highest BCUT2D eigenvalue weighted by Crippen LogP contribution is 2.53. The molecule has 0 aliphatic rings. The Hall–Kier alpha value is -14.4. The molecule has 0 amide bonds. The maximum atomic E-state index is 2.52. The van der Waals surface area contributed by atoms with Crippen molar-refractivity contribution in [2.45, 2.75) is 0 Å². The van der Waals surface area contributed by atoms with E-state index in [1.54, 1.807) is 0 Å². The average molecular weight is 1400 g/mol. The van der Waals surface area contributed by atoms with Crippen molar-refractivity contribution < 1.29 is 0 Å². The van der Waals surface area contributed by atoms with Crippen LogP contribution in [0.5, 0.6) is 0 Å². The minimum absolute atomic E-state index is 1.07. The molecule has 0 atom stereocenters. The van der Waals surface area contributed by atoms with Crippen LogP contribution in [0.4, 0.5) is 34.1 Å². The van der Waals surface area contributed by atoms with Gasteiger partial charge in [0.05, 0.1) is 11.4 Å². The first-order valence-electron chi connectivity index (χ1n) is 37.9. The van der Waals surface area contributed by atoms with Crippen LogP contribution in [-0.4, -0.2) is 0 Å². The lowest BCUT2D eigenvalue weighted by Gasteiger charge is -2.31. The fourth-order valence-corrected chi connectivity index (χ4v) is 16.8. The van der Waals surface area contributed by atoms with Gasteiger partial charge in [-0.3, -0.25) is 0 Å². The number of nitrogens with zero attached hydrogens (tertiary/aromatic N) is 2. The molecule has 0 unspecified atom stereocenters. The number of anilines is 6. The lowest BCUT2D eigenvalue weighted by Crippen LogP contribution is -2.12. The Morgan fingerprint density at radius 1 is 0.118 bits per heavy atom. The van der Waals surface area contributed by atoms with Gasteiger partial charge in [-0.1, -0.05) is 358 Å². The summed E-state index contributed by atoms with van der Waals surface area (Å²) in [6.07, 6.45) is 0. The van der Waals surface area contributed by atoms with Crippen LogP contribution in [0.25, 0.3) is 165 Å². The summed E-state index contributed by atoms with van der Waals surface area (Å²) in [5, 5.41) is 14.4. The van der Waals surface area contributed by atoms with E-state index in [1.807, 2.05) is 0 Å². The van der Waals surface area contributed by atoms with Crippen LogP contribution in [0.15, 0.2) is 437 Å². The van der Waals surface area contributed by atoms with E-state index in [0.29, 0.717) is 0 Å². The molecule has 0 N–H and O–H groups in total. The Bertz CT molecular complexity index is 6870. The smallest absolute Gasteiger partial charge is 0.0624 e. The second-order valence-corrected chi connectivity index (χ2v) is 28.7. The van der Waals surface area contributed by atoms with Crippen molar-refractivity contribution >= 4 is 98.8 Å². The Kier molecular flexibility index (Phi) is 16.6. The average Bonchev–Trinajstić information content (AvgIpc) is 0.730. The van der Waals surface area contributed by atoms with Crippen molar-refractivity contribution in [2.24, 2.45) is 0 Å². The largest absolute Gasteiger partial charge is 0.309 e. The van der Waals surface area contributed by atoms with Crippen LogP contribution in [-0.2, 0) is 0 Å². The molecular weight excluding hydrogens is 1330 g/mol. The van der Waals surface area contributed by atoms with Gasteiger partial charge in [-0.25, -0.2) is 0 Å². The standard InChI is InChI=1S/C108H72N2/c1-4-24-73(25-5-1)77-58-62-93(63-59-77)109(107-103-46-18-14-42-99(103)97-40-12-16-44-101(97)105(107)91-36-20-32-82(69-91)74-26-6-2-7-27-74)94-64-60-80(61-65-94)87-55-57-89-67-86(54-56-90(89)68-87)79-50-48-78(49-51-79)83-33-21-37-92(70-83)106-102-45-17-13-41-98(102)100-43-15-19-47-104(100)108(106)110(95-38-22-34-84(71-95)75-28-8-3-9-29-75)96-39-23-35-85(72-96)88-53-52-76-30-10-11-31-81(76)66-88/h1-72H. The molecule has 0 radical (unpaired) electrons. The van der Waals surface area contributed by atoms with Crippen molar-refractivity contribution in [1.82, 2.24) is 0 Å². The molecule has 0 fully saturated rings. The highest BCUT2D eigenvalue weighted by Gasteiger charge is 2.27. The molecular formula is C108H72N2. The number of fused-ring (bicyclic) bond motifs is 8. The number of rotatable bonds is 15. The first-order valence-corrected chi connectivity index (χ1v) is 37.9. The predicted octanol–water partition coefficient (Wildman–Crippen LogP) is 30.5. The lowest BCUT2D eigenvalue weighted by molar-refractivity contribution is 1.30. The Labute approximate surface area is 641 Å². The van der Waals surface area contributed by atoms with Gasteiger partial charge in [-0.05, 0) is 222 Å². The zero-order valence-corrected chi connectivity index (χ0v) is 60.5. The second kappa shape index (κ2) is 28.1. The van der Waals surface area contributed by atoms with Gasteiger partial charge in [0.1, 0.15) is 0 Å². The predicted molar refractivity (Wildman–Crippen MR) is 470 cm³/mol. The second-order valence-electron chi connectivity index (χ2n) is 28.7. The number of hydrogen-bond donors (Lipinski definition) is 0. The fourth-order valence-electron chi connectivity index (χ4n) is 16.8. The van der Waals surface area contributed by atoms with E-state index >= 15 is 0 Å². The first kappa shape index (κ1) is 65.1. The quantitative estimate of drug-likeness (QED) is 0.0944. The maximum absolute atomic E-state index is 2.52. The topological polar surface area (TPSA) is 6.48 Å². The van der Waals surface area contributed by atoms with Crippen LogP contribution in [0, 0.1) is 0 Å². The molecule has 110 heavy (non-hydrogen) atoms. The van der Waals surface area contributed by atoms with Crippen molar-refractivity contribution in [1.29, 1.82) is 0 Å². The Balaban J connectivity index is 0.645. The Morgan fingerprint density at radius 2 is 0.355 bits per heavy atom. The summed E-state index contributed by atoms with van der Waals surface area (Å²) >= 11 is 0. The third-order valence-corrected chi connectivity index (χ3v) is 22.1. The zero-order valence-electron chi connectivity index (χ0n) is 60.5. The molecule has 0 aromatic heterocycles. The SMILES string of the molecule is c1ccc(-c2ccc(N(c3ccc(-c4ccc5cc(-c6ccc(-c7cccc(-c8c(N(c9cccc(-c%10ccccc%10)c9)c9cccc(-c%10ccc%11ccccc%11c%10)c9)c9ccccc9c9ccccc89)c7)cc6)ccc5c4)cc3)c3c(-c4cccc(-c5ccccc5)c4)c4ccccc4c4ccccc34)cc2)cc1. The summed E-state index contributed by atoms with van der Waals surface area (Å²) in [4.78, 5) is 5.00. The third kappa shape index (κ3) is 12.1. The van der Waals surface area contributed by atoms with Crippen LogP contribution < -0.4 is 9.80 Å². The summed E-state index contributed by atoms with van der Waals surface area (Å²) in [6, 6.07) is 161. The van der Waals surface area contributed by atoms with Gasteiger partial charge >= 0.3 is 0 Å². The monoisotopic (exact) mass is 1400 g/mol. The van der Waals surface area contributed by atoms with Gasteiger partial charge in [0.15, 0.2) is 0 Å². The highest BCUT2D eigenvalue weighted by molar-refractivity contribution is 6.24. The van der Waals surface area contributed by atoms with E-state index < -0.39 is 0 Å². The van der Waals surface area contributed by atoms with Crippen LogP contribution in [0.3, 0.4) is 0 Å². The van der Waals surface area contributed by atoms with E-state index in [0.717, 1.165) is 78.6 Å². The molecule has 2 nitrogen and oxygen atoms in total. The molecule has 0 spiro atoms. The van der Waals surface area contributed by atoms with Crippen LogP contribution in [0.1, 0.15) is 0 Å². The summed E-state index contributed by atoms with van der Waals surface area (Å²) in [5.74, 6) is 0. The number of hydrogen-bond acceptors (Lipinski definition) is 2. The summed E-state index contributed by atoms with van der Waals surface area (Å²) in [5.41, 5.74) is 27.5. The molecule has 20 aromatic carbocycles. The zero-order chi connectivity index (χ0) is 72.9. The molecule has 0 aliphatic heterocycles. The first-order chi connectivity index (χ1) is 54.5. The molecule has 20 rings (SSSR count). The minimum Gasteiger partial charge on any atom is -0.309 e. The van der Waals surface area contributed by atoms with E-state index in [1.165, 1.54) is 120 Å². The fraction of sp³-hybridized carbons (Fsp3) is 0. The van der Waals surface area contributed by atoms with Gasteiger partial charge in [0.25, 0.3) is 0 Å². The molecule has 0 aliphatic carbocycles. The number of benzene rings is 20.